The standard InChI is InChI=1S/C16H23NO5S/c1-16(2,3)12-9-7-11(8-10-12)15-13(17(18)19)5-4-6-14(15)23(20,21)22/h4-6,11-12H,7-10H2,1-3H3,(H,20,21,22). The molecule has 23 heavy (non-hydrogen) atoms. The summed E-state index contributed by atoms with van der Waals surface area (Å²) in [5.74, 6) is 0.294. The predicted octanol–water partition coefficient (Wildman–Crippen LogP) is 4.16. The number of hydrogen-bond acceptors (Lipinski definition) is 4. The van der Waals surface area contributed by atoms with Gasteiger partial charge in [0, 0.05) is 6.07 Å². The van der Waals surface area contributed by atoms with E-state index in [1.54, 1.807) is 0 Å². The predicted molar refractivity (Wildman–Crippen MR) is 87.1 cm³/mol. The van der Waals surface area contributed by atoms with E-state index in [0.29, 0.717) is 18.8 Å². The summed E-state index contributed by atoms with van der Waals surface area (Å²) in [6.45, 7) is 6.52. The molecule has 0 radical (unpaired) electrons. The van der Waals surface area contributed by atoms with Crippen molar-refractivity contribution in [1.29, 1.82) is 0 Å². The molecule has 7 heteroatoms. The second-order valence-corrected chi connectivity index (χ2v) is 8.73. The van der Waals surface area contributed by atoms with Gasteiger partial charge in [-0.3, -0.25) is 14.7 Å². The molecule has 0 aromatic heterocycles. The molecule has 0 saturated heterocycles. The molecule has 1 fully saturated rings. The highest BCUT2D eigenvalue weighted by molar-refractivity contribution is 7.85. The largest absolute Gasteiger partial charge is 0.295 e. The number of nitro groups is 1. The van der Waals surface area contributed by atoms with Gasteiger partial charge in [-0.2, -0.15) is 8.42 Å². The maximum atomic E-state index is 11.6. The molecule has 0 spiro atoms. The Morgan fingerprint density at radius 1 is 1.17 bits per heavy atom. The Hall–Kier alpha value is -1.47. The van der Waals surface area contributed by atoms with Crippen LogP contribution < -0.4 is 0 Å². The van der Waals surface area contributed by atoms with Gasteiger partial charge in [0.15, 0.2) is 0 Å². The lowest BCUT2D eigenvalue weighted by atomic mass is 9.68. The van der Waals surface area contributed by atoms with Crippen molar-refractivity contribution in [1.82, 2.24) is 0 Å². The Morgan fingerprint density at radius 2 is 1.74 bits per heavy atom. The van der Waals surface area contributed by atoms with Gasteiger partial charge in [-0.25, -0.2) is 0 Å². The smallest absolute Gasteiger partial charge is 0.282 e. The SMILES string of the molecule is CC(C)(C)C1CCC(c2c([N+](=O)[O-])cccc2S(=O)(=O)O)CC1. The van der Waals surface area contributed by atoms with E-state index < -0.39 is 15.0 Å². The molecule has 128 valence electrons. The average molecular weight is 341 g/mol. The van der Waals surface area contributed by atoms with E-state index in [4.69, 9.17) is 0 Å². The van der Waals surface area contributed by atoms with Crippen LogP contribution >= 0.6 is 0 Å². The van der Waals surface area contributed by atoms with E-state index in [-0.39, 0.29) is 27.5 Å². The Bertz CT molecular complexity index is 698. The highest BCUT2D eigenvalue weighted by atomic mass is 32.2. The van der Waals surface area contributed by atoms with Crippen molar-refractivity contribution in [3.63, 3.8) is 0 Å². The van der Waals surface area contributed by atoms with Crippen LogP contribution in [0.4, 0.5) is 5.69 Å². The van der Waals surface area contributed by atoms with E-state index in [9.17, 15) is 23.1 Å². The topological polar surface area (TPSA) is 97.5 Å². The molecule has 1 saturated carbocycles. The fourth-order valence-electron chi connectivity index (χ4n) is 3.58. The summed E-state index contributed by atoms with van der Waals surface area (Å²) in [6.07, 6.45) is 3.17. The lowest BCUT2D eigenvalue weighted by Crippen LogP contribution is -2.26. The van der Waals surface area contributed by atoms with Crippen molar-refractivity contribution < 1.29 is 17.9 Å². The molecule has 1 aromatic carbocycles. The third-order valence-corrected chi connectivity index (χ3v) is 5.79. The first-order valence-corrected chi connectivity index (χ1v) is 9.20. The fourth-order valence-corrected chi connectivity index (χ4v) is 4.37. The van der Waals surface area contributed by atoms with Gasteiger partial charge in [0.2, 0.25) is 0 Å². The van der Waals surface area contributed by atoms with Gasteiger partial charge in [-0.15, -0.1) is 0 Å². The number of hydrogen-bond donors (Lipinski definition) is 1. The van der Waals surface area contributed by atoms with Crippen molar-refractivity contribution in [3.8, 4) is 0 Å². The van der Waals surface area contributed by atoms with Gasteiger partial charge in [0.1, 0.15) is 4.90 Å². The van der Waals surface area contributed by atoms with Crippen LogP contribution in [0.2, 0.25) is 0 Å². The Morgan fingerprint density at radius 3 is 2.17 bits per heavy atom. The first kappa shape index (κ1) is 17.9. The highest BCUT2D eigenvalue weighted by Crippen LogP contribution is 2.46. The average Bonchev–Trinajstić information content (AvgIpc) is 2.44. The molecule has 0 amide bonds. The number of rotatable bonds is 3. The minimum absolute atomic E-state index is 0.160. The van der Waals surface area contributed by atoms with Crippen LogP contribution in [0.25, 0.3) is 0 Å². The van der Waals surface area contributed by atoms with Crippen LogP contribution in [0, 0.1) is 21.4 Å². The molecule has 2 rings (SSSR count). The van der Waals surface area contributed by atoms with Crippen LogP contribution in [-0.4, -0.2) is 17.9 Å². The van der Waals surface area contributed by atoms with Gasteiger partial charge in [-0.05, 0) is 49.0 Å². The van der Waals surface area contributed by atoms with Crippen molar-refractivity contribution in [2.75, 3.05) is 0 Å². The summed E-state index contributed by atoms with van der Waals surface area (Å²) in [5.41, 5.74) is 0.103. The van der Waals surface area contributed by atoms with Crippen LogP contribution in [0.5, 0.6) is 0 Å². The molecule has 1 aliphatic carbocycles. The third-order valence-electron chi connectivity index (χ3n) is 4.88. The Kier molecular flexibility index (Phi) is 4.82. The van der Waals surface area contributed by atoms with Gasteiger partial charge in [-0.1, -0.05) is 26.8 Å². The van der Waals surface area contributed by atoms with Gasteiger partial charge in [0.25, 0.3) is 15.8 Å². The molecule has 0 unspecified atom stereocenters. The monoisotopic (exact) mass is 341 g/mol. The Labute approximate surface area is 136 Å². The van der Waals surface area contributed by atoms with E-state index in [1.807, 2.05) is 0 Å². The molecule has 6 nitrogen and oxygen atoms in total. The molecule has 0 atom stereocenters. The Balaban J connectivity index is 2.42. The van der Waals surface area contributed by atoms with Crippen LogP contribution in [0.1, 0.15) is 57.9 Å². The summed E-state index contributed by atoms with van der Waals surface area (Å²) < 4.78 is 32.7. The maximum Gasteiger partial charge on any atom is 0.295 e. The summed E-state index contributed by atoms with van der Waals surface area (Å²) in [7, 11) is -4.49. The van der Waals surface area contributed by atoms with E-state index in [1.165, 1.54) is 18.2 Å². The molecule has 0 heterocycles. The van der Waals surface area contributed by atoms with E-state index >= 15 is 0 Å². The normalized spacial score (nSPS) is 22.8. The first-order chi connectivity index (χ1) is 10.5. The molecule has 0 aliphatic heterocycles. The van der Waals surface area contributed by atoms with Crippen LogP contribution in [-0.2, 0) is 10.1 Å². The second kappa shape index (κ2) is 6.20. The minimum atomic E-state index is -4.49. The lowest BCUT2D eigenvalue weighted by Gasteiger charge is -2.37. The fraction of sp³-hybridized carbons (Fsp3) is 0.625. The first-order valence-electron chi connectivity index (χ1n) is 7.76. The van der Waals surface area contributed by atoms with Crippen molar-refractivity contribution in [3.05, 3.63) is 33.9 Å². The molecule has 1 N–H and O–H groups in total. The van der Waals surface area contributed by atoms with Crippen LogP contribution in [0.3, 0.4) is 0 Å². The van der Waals surface area contributed by atoms with Crippen molar-refractivity contribution in [2.45, 2.75) is 57.3 Å². The maximum absolute atomic E-state index is 11.6. The summed E-state index contributed by atoms with van der Waals surface area (Å²) in [4.78, 5) is 10.4. The second-order valence-electron chi connectivity index (χ2n) is 7.34. The van der Waals surface area contributed by atoms with Gasteiger partial charge < -0.3 is 0 Å². The molecule has 0 bridgehead atoms. The molecule has 1 aromatic rings. The third kappa shape index (κ3) is 3.90. The molecule has 1 aliphatic rings. The highest BCUT2D eigenvalue weighted by Gasteiger charge is 2.35. The zero-order valence-electron chi connectivity index (χ0n) is 13.7. The van der Waals surface area contributed by atoms with Gasteiger partial charge >= 0.3 is 0 Å². The summed E-state index contributed by atoms with van der Waals surface area (Å²) in [6, 6.07) is 3.85. The van der Waals surface area contributed by atoms with E-state index in [0.717, 1.165) is 12.8 Å². The quantitative estimate of drug-likeness (QED) is 0.505. The number of nitro benzene ring substituents is 1. The minimum Gasteiger partial charge on any atom is -0.282 e. The van der Waals surface area contributed by atoms with Crippen molar-refractivity contribution >= 4 is 15.8 Å². The van der Waals surface area contributed by atoms with Crippen molar-refractivity contribution in [2.24, 2.45) is 11.3 Å². The summed E-state index contributed by atoms with van der Waals surface area (Å²) >= 11 is 0. The molecular weight excluding hydrogens is 318 g/mol. The summed E-state index contributed by atoms with van der Waals surface area (Å²) in [5, 5.41) is 11.3. The van der Waals surface area contributed by atoms with Crippen LogP contribution in [0.15, 0.2) is 23.1 Å². The number of nitrogens with zero attached hydrogens (tertiary/aromatic N) is 1. The molecular formula is C16H23NO5S. The lowest BCUT2D eigenvalue weighted by molar-refractivity contribution is -0.386. The van der Waals surface area contributed by atoms with E-state index in [2.05, 4.69) is 20.8 Å². The van der Waals surface area contributed by atoms with Gasteiger partial charge in [0.05, 0.1) is 10.5 Å². The number of benzene rings is 1. The zero-order valence-corrected chi connectivity index (χ0v) is 14.5. The zero-order chi connectivity index (χ0) is 17.4.